The highest BCUT2D eigenvalue weighted by Crippen LogP contribution is 2.36. The summed E-state index contributed by atoms with van der Waals surface area (Å²) in [4.78, 5) is 24.1. The molecule has 0 radical (unpaired) electrons. The summed E-state index contributed by atoms with van der Waals surface area (Å²) >= 11 is 1.42. The van der Waals surface area contributed by atoms with Crippen molar-refractivity contribution < 1.29 is 9.47 Å². The van der Waals surface area contributed by atoms with Gasteiger partial charge in [0.1, 0.15) is 24.2 Å². The first kappa shape index (κ1) is 16.1. The normalized spacial score (nSPS) is 13.3. The van der Waals surface area contributed by atoms with Gasteiger partial charge in [-0.2, -0.15) is 0 Å². The SMILES string of the molecule is CN(C)c1cncc2sc3c(=O)n(-c4ccc5c(c4)OCCO5)cnc3c12. The molecule has 0 saturated heterocycles. The average Bonchev–Trinajstić information content (AvgIpc) is 3.07. The van der Waals surface area contributed by atoms with E-state index in [1.807, 2.05) is 37.2 Å². The van der Waals surface area contributed by atoms with Gasteiger partial charge in [-0.3, -0.25) is 14.3 Å². The van der Waals surface area contributed by atoms with Gasteiger partial charge in [0.15, 0.2) is 11.5 Å². The Morgan fingerprint density at radius 2 is 1.96 bits per heavy atom. The number of hydrogen-bond acceptors (Lipinski definition) is 7. The summed E-state index contributed by atoms with van der Waals surface area (Å²) in [5.41, 5.74) is 2.24. The molecule has 8 heteroatoms. The van der Waals surface area contributed by atoms with Crippen molar-refractivity contribution in [1.82, 2.24) is 14.5 Å². The zero-order chi connectivity index (χ0) is 18.5. The molecule has 0 bridgehead atoms. The number of pyridine rings is 1. The minimum absolute atomic E-state index is 0.109. The Kier molecular flexibility index (Phi) is 3.54. The van der Waals surface area contributed by atoms with Gasteiger partial charge in [0.2, 0.25) is 0 Å². The third-order valence-electron chi connectivity index (χ3n) is 4.56. The van der Waals surface area contributed by atoms with Crippen LogP contribution in [0, 0.1) is 0 Å². The molecule has 0 aliphatic carbocycles. The van der Waals surface area contributed by atoms with Gasteiger partial charge in [-0.05, 0) is 12.1 Å². The molecular formula is C19H16N4O3S. The minimum atomic E-state index is -0.109. The maximum absolute atomic E-state index is 13.2. The number of hydrogen-bond donors (Lipinski definition) is 0. The molecule has 0 N–H and O–H groups in total. The Morgan fingerprint density at radius 1 is 1.15 bits per heavy atom. The Bertz CT molecular complexity index is 1250. The molecule has 136 valence electrons. The molecule has 0 atom stereocenters. The van der Waals surface area contributed by atoms with Crippen LogP contribution in [-0.2, 0) is 0 Å². The molecule has 3 aromatic heterocycles. The van der Waals surface area contributed by atoms with E-state index in [0.29, 0.717) is 40.6 Å². The van der Waals surface area contributed by atoms with Crippen molar-refractivity contribution in [1.29, 1.82) is 0 Å². The topological polar surface area (TPSA) is 69.5 Å². The highest BCUT2D eigenvalue weighted by molar-refractivity contribution is 7.25. The van der Waals surface area contributed by atoms with Crippen LogP contribution < -0.4 is 19.9 Å². The average molecular weight is 380 g/mol. The summed E-state index contributed by atoms with van der Waals surface area (Å²) in [5, 5.41) is 0.960. The molecule has 5 rings (SSSR count). The van der Waals surface area contributed by atoms with Crippen LogP contribution in [0.4, 0.5) is 5.69 Å². The quantitative estimate of drug-likeness (QED) is 0.533. The van der Waals surface area contributed by atoms with E-state index in [-0.39, 0.29) is 5.56 Å². The van der Waals surface area contributed by atoms with Crippen LogP contribution in [0.25, 0.3) is 26.0 Å². The van der Waals surface area contributed by atoms with Crippen LogP contribution in [-0.4, -0.2) is 41.8 Å². The number of anilines is 1. The second-order valence-electron chi connectivity index (χ2n) is 6.45. The van der Waals surface area contributed by atoms with Crippen molar-refractivity contribution in [2.24, 2.45) is 0 Å². The van der Waals surface area contributed by atoms with Crippen LogP contribution in [0.5, 0.6) is 11.5 Å². The number of nitrogens with zero attached hydrogens (tertiary/aromatic N) is 4. The van der Waals surface area contributed by atoms with E-state index in [4.69, 9.17) is 9.47 Å². The molecule has 0 unspecified atom stereocenters. The Morgan fingerprint density at radius 3 is 2.78 bits per heavy atom. The lowest BCUT2D eigenvalue weighted by Crippen LogP contribution is -2.19. The first-order valence-electron chi connectivity index (χ1n) is 8.49. The standard InChI is InChI=1S/C19H16N4O3S/c1-22(2)12-8-20-9-15-16(12)17-18(27-15)19(24)23(10-21-17)11-3-4-13-14(7-11)26-6-5-25-13/h3-4,7-10H,5-6H2,1-2H3. The lowest BCUT2D eigenvalue weighted by Gasteiger charge is -2.19. The van der Waals surface area contributed by atoms with Gasteiger partial charge in [-0.25, -0.2) is 4.98 Å². The van der Waals surface area contributed by atoms with E-state index in [0.717, 1.165) is 15.8 Å². The Labute approximate surface area is 158 Å². The molecule has 1 aromatic carbocycles. The van der Waals surface area contributed by atoms with Gasteiger partial charge in [-0.1, -0.05) is 0 Å². The number of fused-ring (bicyclic) bond motifs is 4. The largest absolute Gasteiger partial charge is 0.486 e. The van der Waals surface area contributed by atoms with Crippen molar-refractivity contribution in [2.45, 2.75) is 0 Å². The van der Waals surface area contributed by atoms with Gasteiger partial charge >= 0.3 is 0 Å². The molecule has 7 nitrogen and oxygen atoms in total. The minimum Gasteiger partial charge on any atom is -0.486 e. The third kappa shape index (κ3) is 2.44. The van der Waals surface area contributed by atoms with Crippen molar-refractivity contribution in [2.75, 3.05) is 32.2 Å². The molecule has 1 aliphatic heterocycles. The summed E-state index contributed by atoms with van der Waals surface area (Å²) in [6, 6.07) is 5.46. The fourth-order valence-corrected chi connectivity index (χ4v) is 4.34. The molecule has 27 heavy (non-hydrogen) atoms. The maximum Gasteiger partial charge on any atom is 0.275 e. The number of rotatable bonds is 2. The molecule has 0 saturated carbocycles. The summed E-state index contributed by atoms with van der Waals surface area (Å²) in [5.74, 6) is 1.33. The fourth-order valence-electron chi connectivity index (χ4n) is 3.27. The molecule has 0 amide bonds. The lowest BCUT2D eigenvalue weighted by molar-refractivity contribution is 0.171. The number of aromatic nitrogens is 3. The van der Waals surface area contributed by atoms with E-state index in [9.17, 15) is 4.79 Å². The second-order valence-corrected chi connectivity index (χ2v) is 7.51. The molecule has 0 spiro atoms. The molecule has 4 heterocycles. The first-order chi connectivity index (χ1) is 13.1. The monoisotopic (exact) mass is 380 g/mol. The van der Waals surface area contributed by atoms with E-state index < -0.39 is 0 Å². The lowest BCUT2D eigenvalue weighted by atomic mass is 10.2. The predicted octanol–water partition coefficient (Wildman–Crippen LogP) is 2.83. The van der Waals surface area contributed by atoms with Gasteiger partial charge in [0.25, 0.3) is 5.56 Å². The van der Waals surface area contributed by atoms with Crippen LogP contribution in [0.15, 0.2) is 41.7 Å². The van der Waals surface area contributed by atoms with Crippen molar-refractivity contribution in [3.05, 3.63) is 47.3 Å². The van der Waals surface area contributed by atoms with Crippen LogP contribution >= 0.6 is 11.3 Å². The summed E-state index contributed by atoms with van der Waals surface area (Å²) in [7, 11) is 3.91. The zero-order valence-electron chi connectivity index (χ0n) is 14.8. The fraction of sp³-hybridized carbons (Fsp3) is 0.211. The summed E-state index contributed by atoms with van der Waals surface area (Å²) in [6.07, 6.45) is 5.15. The van der Waals surface area contributed by atoms with Gasteiger partial charge in [-0.15, -0.1) is 11.3 Å². The molecule has 4 aromatic rings. The van der Waals surface area contributed by atoms with Crippen molar-refractivity contribution >= 4 is 37.3 Å². The predicted molar refractivity (Wildman–Crippen MR) is 106 cm³/mol. The first-order valence-corrected chi connectivity index (χ1v) is 9.30. The van der Waals surface area contributed by atoms with Gasteiger partial charge in [0.05, 0.1) is 27.8 Å². The van der Waals surface area contributed by atoms with Crippen molar-refractivity contribution in [3.63, 3.8) is 0 Å². The van der Waals surface area contributed by atoms with E-state index in [1.54, 1.807) is 23.3 Å². The second kappa shape index (κ2) is 5.95. The van der Waals surface area contributed by atoms with Crippen LogP contribution in [0.1, 0.15) is 0 Å². The number of benzene rings is 1. The van der Waals surface area contributed by atoms with Gasteiger partial charge in [0, 0.05) is 31.7 Å². The highest BCUT2D eigenvalue weighted by atomic mass is 32.1. The summed E-state index contributed by atoms with van der Waals surface area (Å²) in [6.45, 7) is 1.03. The van der Waals surface area contributed by atoms with E-state index in [2.05, 4.69) is 9.97 Å². The number of thiophene rings is 1. The van der Waals surface area contributed by atoms with Crippen molar-refractivity contribution in [3.8, 4) is 17.2 Å². The smallest absolute Gasteiger partial charge is 0.275 e. The van der Waals surface area contributed by atoms with Crippen LogP contribution in [0.2, 0.25) is 0 Å². The van der Waals surface area contributed by atoms with E-state index >= 15 is 0 Å². The molecular weight excluding hydrogens is 364 g/mol. The van der Waals surface area contributed by atoms with Crippen LogP contribution in [0.3, 0.4) is 0 Å². The zero-order valence-corrected chi connectivity index (χ0v) is 15.6. The highest BCUT2D eigenvalue weighted by Gasteiger charge is 2.18. The molecule has 1 aliphatic rings. The third-order valence-corrected chi connectivity index (χ3v) is 5.66. The maximum atomic E-state index is 13.2. The Hall–Kier alpha value is -3.13. The van der Waals surface area contributed by atoms with Gasteiger partial charge < -0.3 is 14.4 Å². The number of ether oxygens (including phenoxy) is 2. The molecule has 0 fully saturated rings. The Balaban J connectivity index is 1.74. The summed E-state index contributed by atoms with van der Waals surface area (Å²) < 4.78 is 14.3. The van der Waals surface area contributed by atoms with E-state index in [1.165, 1.54) is 11.3 Å².